The normalized spacial score (nSPS) is 10.0. The van der Waals surface area contributed by atoms with Crippen molar-refractivity contribution in [1.82, 2.24) is 4.90 Å². The van der Waals surface area contributed by atoms with Gasteiger partial charge in [-0.1, -0.05) is 11.6 Å². The zero-order chi connectivity index (χ0) is 16.0. The van der Waals surface area contributed by atoms with Gasteiger partial charge in [-0.15, -0.1) is 0 Å². The molecular formula is C13H15ClN2O5. The van der Waals surface area contributed by atoms with Gasteiger partial charge in [-0.2, -0.15) is 0 Å². The Balaban J connectivity index is 2.97. The minimum Gasteiger partial charge on any atom is -0.465 e. The van der Waals surface area contributed by atoms with Gasteiger partial charge < -0.3 is 9.64 Å². The first kappa shape index (κ1) is 16.9. The molecule has 1 aromatic rings. The summed E-state index contributed by atoms with van der Waals surface area (Å²) in [4.78, 5) is 35.1. The minimum absolute atomic E-state index is 0.0509. The van der Waals surface area contributed by atoms with Crippen molar-refractivity contribution in [2.75, 3.05) is 19.7 Å². The van der Waals surface area contributed by atoms with Gasteiger partial charge in [0.15, 0.2) is 0 Å². The van der Waals surface area contributed by atoms with E-state index in [4.69, 9.17) is 16.3 Å². The van der Waals surface area contributed by atoms with Gasteiger partial charge in [0.1, 0.15) is 11.6 Å². The van der Waals surface area contributed by atoms with E-state index in [1.54, 1.807) is 13.8 Å². The van der Waals surface area contributed by atoms with Crippen LogP contribution in [0.15, 0.2) is 18.2 Å². The first-order valence-electron chi connectivity index (χ1n) is 6.29. The maximum atomic E-state index is 12.3. The number of benzene rings is 1. The molecule has 0 spiro atoms. The molecule has 1 amide bonds. The Hall–Kier alpha value is -2.15. The number of carbonyl (C=O) groups is 2. The largest absolute Gasteiger partial charge is 0.465 e. The number of likely N-dealkylation sites (N-methyl/N-ethyl adjacent to an activating group) is 1. The molecule has 0 aliphatic heterocycles. The lowest BCUT2D eigenvalue weighted by Crippen LogP contribution is -2.36. The predicted octanol–water partition coefficient (Wildman–Crippen LogP) is 2.27. The Morgan fingerprint density at radius 2 is 2.05 bits per heavy atom. The second kappa shape index (κ2) is 7.58. The van der Waals surface area contributed by atoms with Crippen molar-refractivity contribution in [2.24, 2.45) is 0 Å². The number of rotatable bonds is 6. The van der Waals surface area contributed by atoms with E-state index in [0.29, 0.717) is 0 Å². The Labute approximate surface area is 126 Å². The fraction of sp³-hybridized carbons (Fsp3) is 0.385. The molecule has 0 radical (unpaired) electrons. The third-order valence-corrected chi connectivity index (χ3v) is 3.00. The van der Waals surface area contributed by atoms with E-state index >= 15 is 0 Å². The number of halogens is 1. The average Bonchev–Trinajstić information content (AvgIpc) is 2.44. The van der Waals surface area contributed by atoms with Gasteiger partial charge in [0.2, 0.25) is 0 Å². The molecule has 0 bridgehead atoms. The van der Waals surface area contributed by atoms with Gasteiger partial charge in [-0.05, 0) is 26.0 Å². The van der Waals surface area contributed by atoms with Crippen molar-refractivity contribution < 1.29 is 19.2 Å². The molecule has 0 saturated carbocycles. The molecule has 0 atom stereocenters. The zero-order valence-corrected chi connectivity index (χ0v) is 12.4. The molecule has 0 unspecified atom stereocenters. The van der Waals surface area contributed by atoms with E-state index in [0.717, 1.165) is 6.07 Å². The van der Waals surface area contributed by atoms with Crippen LogP contribution in [0.3, 0.4) is 0 Å². The number of hydrogen-bond donors (Lipinski definition) is 0. The highest BCUT2D eigenvalue weighted by atomic mass is 35.5. The Morgan fingerprint density at radius 3 is 2.57 bits per heavy atom. The van der Waals surface area contributed by atoms with Crippen LogP contribution in [0.2, 0.25) is 5.02 Å². The van der Waals surface area contributed by atoms with Crippen molar-refractivity contribution in [3.8, 4) is 0 Å². The number of amides is 1. The molecule has 0 aromatic heterocycles. The fourth-order valence-electron chi connectivity index (χ4n) is 1.66. The number of nitro benzene ring substituents is 1. The van der Waals surface area contributed by atoms with Crippen LogP contribution in [-0.2, 0) is 9.53 Å². The quantitative estimate of drug-likeness (QED) is 0.456. The van der Waals surface area contributed by atoms with Crippen LogP contribution in [0.4, 0.5) is 5.69 Å². The molecule has 0 aliphatic rings. The summed E-state index contributed by atoms with van der Waals surface area (Å²) < 4.78 is 4.78. The second-order valence-corrected chi connectivity index (χ2v) is 4.45. The van der Waals surface area contributed by atoms with Crippen molar-refractivity contribution in [3.63, 3.8) is 0 Å². The first-order valence-corrected chi connectivity index (χ1v) is 6.67. The lowest BCUT2D eigenvalue weighted by Gasteiger charge is -2.19. The predicted molar refractivity (Wildman–Crippen MR) is 76.3 cm³/mol. The number of esters is 1. The molecule has 1 rings (SSSR count). The van der Waals surface area contributed by atoms with Crippen LogP contribution >= 0.6 is 11.6 Å². The van der Waals surface area contributed by atoms with Crippen molar-refractivity contribution in [1.29, 1.82) is 0 Å². The van der Waals surface area contributed by atoms with E-state index < -0.39 is 16.8 Å². The average molecular weight is 315 g/mol. The SMILES string of the molecule is CCOC(=O)CN(CC)C(=O)c1ccc(Cl)c([N+](=O)[O-])c1. The van der Waals surface area contributed by atoms with Gasteiger partial charge in [0.05, 0.1) is 11.5 Å². The van der Waals surface area contributed by atoms with Gasteiger partial charge in [0, 0.05) is 18.2 Å². The van der Waals surface area contributed by atoms with Gasteiger partial charge >= 0.3 is 5.97 Å². The summed E-state index contributed by atoms with van der Waals surface area (Å²) >= 11 is 5.69. The Morgan fingerprint density at radius 1 is 1.38 bits per heavy atom. The maximum absolute atomic E-state index is 12.3. The smallest absolute Gasteiger partial charge is 0.325 e. The number of ether oxygens (including phenoxy) is 1. The van der Waals surface area contributed by atoms with E-state index in [-0.39, 0.29) is 36.0 Å². The third kappa shape index (κ3) is 4.42. The third-order valence-electron chi connectivity index (χ3n) is 2.68. The summed E-state index contributed by atoms with van der Waals surface area (Å²) in [6.45, 7) is 3.64. The van der Waals surface area contributed by atoms with Crippen LogP contribution in [0, 0.1) is 10.1 Å². The van der Waals surface area contributed by atoms with Crippen LogP contribution in [-0.4, -0.2) is 41.4 Å². The Kier molecular flexibility index (Phi) is 6.10. The zero-order valence-electron chi connectivity index (χ0n) is 11.7. The molecule has 21 heavy (non-hydrogen) atoms. The lowest BCUT2D eigenvalue weighted by atomic mass is 10.1. The van der Waals surface area contributed by atoms with Crippen molar-refractivity contribution >= 4 is 29.2 Å². The van der Waals surface area contributed by atoms with E-state index in [2.05, 4.69) is 0 Å². The van der Waals surface area contributed by atoms with Crippen molar-refractivity contribution in [2.45, 2.75) is 13.8 Å². The van der Waals surface area contributed by atoms with E-state index in [1.807, 2.05) is 0 Å². The summed E-state index contributed by atoms with van der Waals surface area (Å²) in [5.41, 5.74) is -0.257. The summed E-state index contributed by atoms with van der Waals surface area (Å²) in [6, 6.07) is 3.76. The van der Waals surface area contributed by atoms with Gasteiger partial charge in [-0.3, -0.25) is 19.7 Å². The number of hydrogen-bond acceptors (Lipinski definition) is 5. The molecule has 0 fully saturated rings. The summed E-state index contributed by atoms with van der Waals surface area (Å²) in [6.07, 6.45) is 0. The highest BCUT2D eigenvalue weighted by molar-refractivity contribution is 6.32. The van der Waals surface area contributed by atoms with Gasteiger partial charge in [-0.25, -0.2) is 0 Å². The molecule has 0 aliphatic carbocycles. The molecular weight excluding hydrogens is 300 g/mol. The van der Waals surface area contributed by atoms with Gasteiger partial charge in [0.25, 0.3) is 11.6 Å². The number of nitro groups is 1. The first-order chi connectivity index (χ1) is 9.90. The second-order valence-electron chi connectivity index (χ2n) is 4.05. The molecule has 0 heterocycles. The fourth-order valence-corrected chi connectivity index (χ4v) is 1.84. The molecule has 0 saturated heterocycles. The number of carbonyl (C=O) groups excluding carboxylic acids is 2. The van der Waals surface area contributed by atoms with Crippen LogP contribution in [0.5, 0.6) is 0 Å². The van der Waals surface area contributed by atoms with E-state index in [1.165, 1.54) is 17.0 Å². The minimum atomic E-state index is -0.666. The van der Waals surface area contributed by atoms with Crippen molar-refractivity contribution in [3.05, 3.63) is 38.9 Å². The highest BCUT2D eigenvalue weighted by Gasteiger charge is 2.21. The summed E-state index contributed by atoms with van der Waals surface area (Å²) in [5, 5.41) is 10.8. The molecule has 8 heteroatoms. The molecule has 1 aromatic carbocycles. The number of nitrogens with zero attached hydrogens (tertiary/aromatic N) is 2. The monoisotopic (exact) mass is 314 g/mol. The highest BCUT2D eigenvalue weighted by Crippen LogP contribution is 2.25. The lowest BCUT2D eigenvalue weighted by molar-refractivity contribution is -0.384. The van der Waals surface area contributed by atoms with Crippen LogP contribution < -0.4 is 0 Å². The molecule has 7 nitrogen and oxygen atoms in total. The summed E-state index contributed by atoms with van der Waals surface area (Å²) in [5.74, 6) is -1.03. The topological polar surface area (TPSA) is 89.8 Å². The Bertz CT molecular complexity index is 561. The van der Waals surface area contributed by atoms with E-state index in [9.17, 15) is 19.7 Å². The standard InChI is InChI=1S/C13H15ClN2O5/c1-3-15(8-12(17)21-4-2)13(18)9-5-6-10(14)11(7-9)16(19)20/h5-7H,3-4,8H2,1-2H3. The molecule has 114 valence electrons. The van der Waals surface area contributed by atoms with Crippen LogP contribution in [0.25, 0.3) is 0 Å². The maximum Gasteiger partial charge on any atom is 0.325 e. The summed E-state index contributed by atoms with van der Waals surface area (Å²) in [7, 11) is 0. The molecule has 0 N–H and O–H groups in total. The van der Waals surface area contributed by atoms with Crippen LogP contribution in [0.1, 0.15) is 24.2 Å².